The lowest BCUT2D eigenvalue weighted by Crippen LogP contribution is -3.19. The van der Waals surface area contributed by atoms with E-state index in [1.807, 2.05) is 13.0 Å². The van der Waals surface area contributed by atoms with Crippen molar-refractivity contribution in [3.8, 4) is 0 Å². The van der Waals surface area contributed by atoms with Crippen LogP contribution in [0.15, 0.2) is 30.1 Å². The van der Waals surface area contributed by atoms with Crippen molar-refractivity contribution in [3.63, 3.8) is 0 Å². The van der Waals surface area contributed by atoms with Crippen LogP contribution in [0.4, 0.5) is 5.95 Å². The first kappa shape index (κ1) is 17.9. The summed E-state index contributed by atoms with van der Waals surface area (Å²) in [5.74, 6) is 0.968. The molecule has 2 aliphatic rings. The van der Waals surface area contributed by atoms with Gasteiger partial charge in [-0.1, -0.05) is 11.6 Å². The molecule has 1 aromatic heterocycles. The lowest BCUT2D eigenvalue weighted by molar-refractivity contribution is -0.914. The molecule has 2 heterocycles. The maximum Gasteiger partial charge on any atom is 0.278 e. The Hall–Kier alpha value is -1.95. The van der Waals surface area contributed by atoms with Crippen molar-refractivity contribution in [1.82, 2.24) is 15.3 Å². The molecular weight excluding hydrogens is 314 g/mol. The Morgan fingerprint density at radius 1 is 1.28 bits per heavy atom. The Bertz CT molecular complexity index is 581. The fourth-order valence-electron chi connectivity index (χ4n) is 3.70. The average molecular weight is 344 g/mol. The molecule has 1 atom stereocenters. The highest BCUT2D eigenvalue weighted by Gasteiger charge is 2.29. The predicted molar refractivity (Wildman–Crippen MR) is 98.6 cm³/mol. The van der Waals surface area contributed by atoms with Gasteiger partial charge in [-0.05, 0) is 45.1 Å². The molecule has 1 aliphatic carbocycles. The third-order valence-electron chi connectivity index (χ3n) is 5.38. The summed E-state index contributed by atoms with van der Waals surface area (Å²) in [6, 6.07) is 1.83. The molecule has 1 aromatic rings. The van der Waals surface area contributed by atoms with Crippen molar-refractivity contribution in [2.75, 3.05) is 37.6 Å². The van der Waals surface area contributed by atoms with Crippen LogP contribution in [0, 0.1) is 0 Å². The standard InChI is InChI=1S/C19H29N5O/c1-16(18(25)20-11-8-17-6-3-2-4-7-17)23-12-14-24(15-13-23)19-21-9-5-10-22-19/h5-6,9-10,16H,2-4,7-8,11-15H2,1H3,(H,20,25)/p+1/t16-/m1/s1. The second-order valence-electron chi connectivity index (χ2n) is 7.06. The van der Waals surface area contributed by atoms with Crippen molar-refractivity contribution in [3.05, 3.63) is 30.1 Å². The van der Waals surface area contributed by atoms with E-state index in [4.69, 9.17) is 0 Å². The normalized spacial score (nSPS) is 20.0. The fraction of sp³-hybridized carbons (Fsp3) is 0.632. The molecule has 1 aliphatic heterocycles. The monoisotopic (exact) mass is 344 g/mol. The third kappa shape index (κ3) is 5.01. The van der Waals surface area contributed by atoms with E-state index in [0.29, 0.717) is 0 Å². The molecule has 0 bridgehead atoms. The molecule has 1 fully saturated rings. The molecule has 0 radical (unpaired) electrons. The summed E-state index contributed by atoms with van der Waals surface area (Å²) in [4.78, 5) is 24.6. The zero-order chi connectivity index (χ0) is 17.5. The van der Waals surface area contributed by atoms with Crippen LogP contribution in [0.25, 0.3) is 0 Å². The fourth-order valence-corrected chi connectivity index (χ4v) is 3.70. The van der Waals surface area contributed by atoms with Gasteiger partial charge in [0.1, 0.15) is 0 Å². The highest BCUT2D eigenvalue weighted by molar-refractivity contribution is 5.79. The molecule has 0 unspecified atom stereocenters. The van der Waals surface area contributed by atoms with E-state index in [9.17, 15) is 4.79 Å². The minimum atomic E-state index is -0.000762. The van der Waals surface area contributed by atoms with Crippen molar-refractivity contribution >= 4 is 11.9 Å². The van der Waals surface area contributed by atoms with Crippen LogP contribution >= 0.6 is 0 Å². The zero-order valence-electron chi connectivity index (χ0n) is 15.2. The van der Waals surface area contributed by atoms with E-state index in [-0.39, 0.29) is 11.9 Å². The third-order valence-corrected chi connectivity index (χ3v) is 5.38. The second kappa shape index (κ2) is 8.94. The van der Waals surface area contributed by atoms with Crippen LogP contribution in [0.3, 0.4) is 0 Å². The quantitative estimate of drug-likeness (QED) is 0.741. The molecule has 6 heteroatoms. The number of hydrogen-bond donors (Lipinski definition) is 2. The lowest BCUT2D eigenvalue weighted by Gasteiger charge is -2.34. The lowest BCUT2D eigenvalue weighted by atomic mass is 9.97. The molecule has 0 spiro atoms. The van der Waals surface area contributed by atoms with Gasteiger partial charge in [-0.25, -0.2) is 9.97 Å². The first-order valence-corrected chi connectivity index (χ1v) is 9.56. The number of quaternary nitrogens is 1. The maximum atomic E-state index is 12.4. The molecule has 0 aromatic carbocycles. The minimum absolute atomic E-state index is 0.000762. The summed E-state index contributed by atoms with van der Waals surface area (Å²) in [7, 11) is 0. The molecule has 1 amide bonds. The molecule has 25 heavy (non-hydrogen) atoms. The minimum Gasteiger partial charge on any atom is -0.351 e. The molecule has 3 rings (SSSR count). The van der Waals surface area contributed by atoms with Crippen molar-refractivity contribution in [1.29, 1.82) is 0 Å². The summed E-state index contributed by atoms with van der Waals surface area (Å²) in [5, 5.41) is 3.13. The topological polar surface area (TPSA) is 62.6 Å². The number of piperazine rings is 1. The van der Waals surface area contributed by atoms with Gasteiger partial charge in [0, 0.05) is 18.9 Å². The number of allylic oxidation sites excluding steroid dienone is 1. The smallest absolute Gasteiger partial charge is 0.278 e. The Morgan fingerprint density at radius 3 is 2.72 bits per heavy atom. The Kier molecular flexibility index (Phi) is 6.39. The molecular formula is C19H30N5O+. The van der Waals surface area contributed by atoms with E-state index in [2.05, 4.69) is 26.3 Å². The van der Waals surface area contributed by atoms with Crippen LogP contribution < -0.4 is 15.1 Å². The van der Waals surface area contributed by atoms with Crippen molar-refractivity contribution in [2.45, 2.75) is 45.1 Å². The van der Waals surface area contributed by atoms with Crippen LogP contribution in [0.2, 0.25) is 0 Å². The van der Waals surface area contributed by atoms with E-state index >= 15 is 0 Å². The zero-order valence-corrected chi connectivity index (χ0v) is 15.2. The van der Waals surface area contributed by atoms with Crippen LogP contribution in [0.1, 0.15) is 39.0 Å². The average Bonchev–Trinajstić information content (AvgIpc) is 2.69. The summed E-state index contributed by atoms with van der Waals surface area (Å²) in [6.07, 6.45) is 12.0. The van der Waals surface area contributed by atoms with Gasteiger partial charge in [-0.15, -0.1) is 0 Å². The summed E-state index contributed by atoms with van der Waals surface area (Å²) in [5.41, 5.74) is 1.52. The van der Waals surface area contributed by atoms with Gasteiger partial charge in [0.15, 0.2) is 6.04 Å². The SMILES string of the molecule is C[C@H](C(=O)NCCC1=CCCCC1)[NH+]1CCN(c2ncccn2)CC1. The van der Waals surface area contributed by atoms with Gasteiger partial charge >= 0.3 is 0 Å². The summed E-state index contributed by atoms with van der Waals surface area (Å²) < 4.78 is 0. The first-order chi connectivity index (χ1) is 12.2. The second-order valence-corrected chi connectivity index (χ2v) is 7.06. The Labute approximate surface area is 150 Å². The van der Waals surface area contributed by atoms with E-state index in [1.54, 1.807) is 12.4 Å². The van der Waals surface area contributed by atoms with Gasteiger partial charge in [0.2, 0.25) is 5.95 Å². The van der Waals surface area contributed by atoms with Crippen LogP contribution in [-0.4, -0.2) is 54.6 Å². The first-order valence-electron chi connectivity index (χ1n) is 9.56. The number of nitrogens with zero attached hydrogens (tertiary/aromatic N) is 3. The van der Waals surface area contributed by atoms with Gasteiger partial charge in [0.25, 0.3) is 5.91 Å². The Morgan fingerprint density at radius 2 is 2.04 bits per heavy atom. The number of amides is 1. The summed E-state index contributed by atoms with van der Waals surface area (Å²) in [6.45, 7) is 6.48. The van der Waals surface area contributed by atoms with Crippen molar-refractivity contribution in [2.24, 2.45) is 0 Å². The van der Waals surface area contributed by atoms with Crippen LogP contribution in [-0.2, 0) is 4.79 Å². The van der Waals surface area contributed by atoms with Crippen molar-refractivity contribution < 1.29 is 9.69 Å². The number of rotatable bonds is 6. The van der Waals surface area contributed by atoms with Gasteiger partial charge in [-0.2, -0.15) is 0 Å². The van der Waals surface area contributed by atoms with Crippen LogP contribution in [0.5, 0.6) is 0 Å². The van der Waals surface area contributed by atoms with Gasteiger partial charge < -0.3 is 15.1 Å². The van der Waals surface area contributed by atoms with Gasteiger partial charge in [-0.3, -0.25) is 4.79 Å². The predicted octanol–water partition coefficient (Wildman–Crippen LogP) is 0.577. The molecule has 2 N–H and O–H groups in total. The van der Waals surface area contributed by atoms with E-state index in [1.165, 1.54) is 36.2 Å². The number of hydrogen-bond acceptors (Lipinski definition) is 4. The van der Waals surface area contributed by atoms with Gasteiger partial charge in [0.05, 0.1) is 26.2 Å². The Balaban J connectivity index is 1.40. The number of carbonyl (C=O) groups excluding carboxylic acids is 1. The molecule has 136 valence electrons. The molecule has 0 saturated carbocycles. The highest BCUT2D eigenvalue weighted by atomic mass is 16.2. The largest absolute Gasteiger partial charge is 0.351 e. The number of nitrogens with one attached hydrogen (secondary N) is 2. The number of carbonyl (C=O) groups is 1. The maximum absolute atomic E-state index is 12.4. The summed E-state index contributed by atoms with van der Waals surface area (Å²) >= 11 is 0. The van der Waals surface area contributed by atoms with E-state index < -0.39 is 0 Å². The molecule has 6 nitrogen and oxygen atoms in total. The molecule has 1 saturated heterocycles. The van der Waals surface area contributed by atoms with E-state index in [0.717, 1.165) is 45.1 Å². The highest BCUT2D eigenvalue weighted by Crippen LogP contribution is 2.19. The number of anilines is 1. The number of aromatic nitrogens is 2.